The largest absolute Gasteiger partial charge is 0.478 e. The van der Waals surface area contributed by atoms with Crippen molar-refractivity contribution < 1.29 is 19.4 Å². The molecule has 0 aliphatic carbocycles. The lowest BCUT2D eigenvalue weighted by Crippen LogP contribution is -2.10. The molecule has 0 atom stereocenters. The molecule has 80 valence electrons. The van der Waals surface area contributed by atoms with E-state index in [-0.39, 0.29) is 12.1 Å². The Balaban J connectivity index is 3.20. The predicted octanol–water partition coefficient (Wildman–Crippen LogP) is 0.630. The van der Waals surface area contributed by atoms with Gasteiger partial charge in [-0.25, -0.2) is 9.59 Å². The Morgan fingerprint density at radius 3 is 2.60 bits per heavy atom. The van der Waals surface area contributed by atoms with Gasteiger partial charge in [0.05, 0.1) is 18.2 Å². The zero-order valence-corrected chi connectivity index (χ0v) is 8.19. The van der Waals surface area contributed by atoms with Gasteiger partial charge in [-0.1, -0.05) is 0 Å². The number of carboxylic acids is 1. The molecule has 15 heavy (non-hydrogen) atoms. The highest BCUT2D eigenvalue weighted by Gasteiger charge is 2.13. The molecule has 5 heteroatoms. The summed E-state index contributed by atoms with van der Waals surface area (Å²) < 4.78 is 4.54. The summed E-state index contributed by atoms with van der Waals surface area (Å²) in [6.45, 7) is 0.0888. The van der Waals surface area contributed by atoms with E-state index in [1.165, 1.54) is 25.3 Å². The maximum absolute atomic E-state index is 11.2. The normalized spacial score (nSPS) is 9.73. The third kappa shape index (κ3) is 2.32. The maximum atomic E-state index is 11.2. The molecule has 3 N–H and O–H groups in total. The van der Waals surface area contributed by atoms with Gasteiger partial charge in [0.2, 0.25) is 0 Å². The average molecular weight is 209 g/mol. The molecule has 5 nitrogen and oxygen atoms in total. The van der Waals surface area contributed by atoms with E-state index in [1.54, 1.807) is 0 Å². The number of carbonyl (C=O) groups excluding carboxylic acids is 1. The molecule has 0 heterocycles. The Hall–Kier alpha value is -1.88. The Morgan fingerprint density at radius 1 is 1.47 bits per heavy atom. The van der Waals surface area contributed by atoms with Crippen LogP contribution in [-0.4, -0.2) is 24.2 Å². The van der Waals surface area contributed by atoms with Crippen LogP contribution in [-0.2, 0) is 11.3 Å². The molecular formula is C10H11NO4. The van der Waals surface area contributed by atoms with E-state index in [1.807, 2.05) is 0 Å². The molecule has 0 saturated carbocycles. The monoisotopic (exact) mass is 209 g/mol. The summed E-state index contributed by atoms with van der Waals surface area (Å²) >= 11 is 0. The Morgan fingerprint density at radius 2 is 2.13 bits per heavy atom. The number of carbonyl (C=O) groups is 2. The predicted molar refractivity (Wildman–Crippen MR) is 52.6 cm³/mol. The molecule has 1 aromatic rings. The summed E-state index contributed by atoms with van der Waals surface area (Å²) in [6, 6.07) is 4.11. The number of hydrogen-bond acceptors (Lipinski definition) is 4. The number of aromatic carboxylic acids is 1. The quantitative estimate of drug-likeness (QED) is 0.712. The summed E-state index contributed by atoms with van der Waals surface area (Å²) in [4.78, 5) is 21.9. The van der Waals surface area contributed by atoms with Gasteiger partial charge in [-0.2, -0.15) is 0 Å². The lowest BCUT2D eigenvalue weighted by Gasteiger charge is -2.06. The molecular weight excluding hydrogens is 198 g/mol. The molecule has 0 saturated heterocycles. The Labute approximate surface area is 86.5 Å². The van der Waals surface area contributed by atoms with Crippen molar-refractivity contribution in [3.05, 3.63) is 34.9 Å². The molecule has 0 fully saturated rings. The first-order chi connectivity index (χ1) is 7.10. The van der Waals surface area contributed by atoms with Crippen molar-refractivity contribution >= 4 is 11.9 Å². The molecule has 0 aliphatic rings. The van der Waals surface area contributed by atoms with Crippen LogP contribution in [0.3, 0.4) is 0 Å². The van der Waals surface area contributed by atoms with E-state index >= 15 is 0 Å². The molecule has 0 spiro atoms. The highest BCUT2D eigenvalue weighted by molar-refractivity contribution is 5.94. The summed E-state index contributed by atoms with van der Waals surface area (Å²) in [5.74, 6) is -1.58. The van der Waals surface area contributed by atoms with Gasteiger partial charge in [-0.05, 0) is 23.8 Å². The third-order valence-electron chi connectivity index (χ3n) is 1.98. The SMILES string of the molecule is COC(=O)c1ccc(C(=O)O)cc1CN. The van der Waals surface area contributed by atoms with Gasteiger partial charge in [-0.3, -0.25) is 0 Å². The highest BCUT2D eigenvalue weighted by Crippen LogP contribution is 2.13. The smallest absolute Gasteiger partial charge is 0.338 e. The zero-order valence-electron chi connectivity index (χ0n) is 8.19. The van der Waals surface area contributed by atoms with Crippen LogP contribution < -0.4 is 5.73 Å². The van der Waals surface area contributed by atoms with Gasteiger partial charge in [0.25, 0.3) is 0 Å². The van der Waals surface area contributed by atoms with Crippen molar-refractivity contribution in [3.8, 4) is 0 Å². The zero-order chi connectivity index (χ0) is 11.4. The number of carboxylic acid groups (broad SMARTS) is 1. The summed E-state index contributed by atoms with van der Waals surface area (Å²) in [7, 11) is 1.26. The van der Waals surface area contributed by atoms with Crippen LogP contribution in [0.25, 0.3) is 0 Å². The number of nitrogens with two attached hydrogens (primary N) is 1. The molecule has 1 rings (SSSR count). The van der Waals surface area contributed by atoms with Gasteiger partial charge in [0.15, 0.2) is 0 Å². The molecule has 0 aliphatic heterocycles. The minimum Gasteiger partial charge on any atom is -0.478 e. The van der Waals surface area contributed by atoms with Crippen LogP contribution in [0.1, 0.15) is 26.3 Å². The topological polar surface area (TPSA) is 89.6 Å². The van der Waals surface area contributed by atoms with E-state index in [0.29, 0.717) is 11.1 Å². The molecule has 0 aromatic heterocycles. The van der Waals surface area contributed by atoms with Crippen LogP contribution >= 0.6 is 0 Å². The van der Waals surface area contributed by atoms with E-state index in [9.17, 15) is 9.59 Å². The number of methoxy groups -OCH3 is 1. The lowest BCUT2D eigenvalue weighted by molar-refractivity contribution is 0.0597. The summed E-state index contributed by atoms with van der Waals surface area (Å²) in [6.07, 6.45) is 0. The van der Waals surface area contributed by atoms with Crippen LogP contribution in [0.15, 0.2) is 18.2 Å². The van der Waals surface area contributed by atoms with Crippen molar-refractivity contribution in [3.63, 3.8) is 0 Å². The van der Waals surface area contributed by atoms with Crippen LogP contribution in [0, 0.1) is 0 Å². The van der Waals surface area contributed by atoms with Crippen LogP contribution in [0.2, 0.25) is 0 Å². The van der Waals surface area contributed by atoms with Gasteiger partial charge in [-0.15, -0.1) is 0 Å². The second-order valence-electron chi connectivity index (χ2n) is 2.87. The molecule has 0 amide bonds. The van der Waals surface area contributed by atoms with E-state index in [0.717, 1.165) is 0 Å². The van der Waals surface area contributed by atoms with Crippen LogP contribution in [0.5, 0.6) is 0 Å². The van der Waals surface area contributed by atoms with Gasteiger partial charge in [0, 0.05) is 6.54 Å². The Bertz CT molecular complexity index is 400. The Kier molecular flexibility index (Phi) is 3.41. The number of benzene rings is 1. The second kappa shape index (κ2) is 4.56. The first-order valence-electron chi connectivity index (χ1n) is 4.24. The first-order valence-corrected chi connectivity index (χ1v) is 4.24. The average Bonchev–Trinajstić information content (AvgIpc) is 2.27. The third-order valence-corrected chi connectivity index (χ3v) is 1.98. The van der Waals surface area contributed by atoms with E-state index < -0.39 is 11.9 Å². The minimum absolute atomic E-state index is 0.0888. The van der Waals surface area contributed by atoms with Crippen molar-refractivity contribution in [1.82, 2.24) is 0 Å². The van der Waals surface area contributed by atoms with Crippen molar-refractivity contribution in [1.29, 1.82) is 0 Å². The van der Waals surface area contributed by atoms with Gasteiger partial charge < -0.3 is 15.6 Å². The molecule has 0 unspecified atom stereocenters. The maximum Gasteiger partial charge on any atom is 0.338 e. The standard InChI is InChI=1S/C10H11NO4/c1-15-10(14)8-3-2-6(9(12)13)4-7(8)5-11/h2-4H,5,11H2,1H3,(H,12,13). The van der Waals surface area contributed by atoms with Gasteiger partial charge >= 0.3 is 11.9 Å². The van der Waals surface area contributed by atoms with E-state index in [2.05, 4.69) is 4.74 Å². The van der Waals surface area contributed by atoms with Gasteiger partial charge in [0.1, 0.15) is 0 Å². The molecule has 0 radical (unpaired) electrons. The summed E-state index contributed by atoms with van der Waals surface area (Å²) in [5.41, 5.74) is 6.27. The highest BCUT2D eigenvalue weighted by atomic mass is 16.5. The molecule has 0 bridgehead atoms. The van der Waals surface area contributed by atoms with Crippen molar-refractivity contribution in [2.24, 2.45) is 5.73 Å². The molecule has 1 aromatic carbocycles. The first kappa shape index (κ1) is 11.2. The second-order valence-corrected chi connectivity index (χ2v) is 2.87. The van der Waals surface area contributed by atoms with Crippen molar-refractivity contribution in [2.75, 3.05) is 7.11 Å². The fourth-order valence-corrected chi connectivity index (χ4v) is 1.20. The number of ether oxygens (including phenoxy) is 1. The van der Waals surface area contributed by atoms with Crippen molar-refractivity contribution in [2.45, 2.75) is 6.54 Å². The number of esters is 1. The van der Waals surface area contributed by atoms with Crippen LogP contribution in [0.4, 0.5) is 0 Å². The minimum atomic E-state index is -1.05. The number of rotatable bonds is 3. The summed E-state index contributed by atoms with van der Waals surface area (Å²) in [5, 5.41) is 8.73. The lowest BCUT2D eigenvalue weighted by atomic mass is 10.0. The fraction of sp³-hybridized carbons (Fsp3) is 0.200. The fourth-order valence-electron chi connectivity index (χ4n) is 1.20. The van der Waals surface area contributed by atoms with E-state index in [4.69, 9.17) is 10.8 Å². The number of hydrogen-bond donors (Lipinski definition) is 2.